The largest absolute Gasteiger partial charge is 0.493 e. The highest BCUT2D eigenvalue weighted by atomic mass is 79.9. The van der Waals surface area contributed by atoms with Crippen LogP contribution in [0.2, 0.25) is 5.02 Å². The lowest BCUT2D eigenvalue weighted by Crippen LogP contribution is -2.27. The molecule has 1 amide bonds. The van der Waals surface area contributed by atoms with Crippen molar-refractivity contribution in [2.24, 2.45) is 0 Å². The minimum atomic E-state index is -0.183. The van der Waals surface area contributed by atoms with E-state index in [9.17, 15) is 4.79 Å². The van der Waals surface area contributed by atoms with Gasteiger partial charge in [-0.2, -0.15) is 0 Å². The number of carbonyl (C=O) groups is 1. The number of thiocarbonyl (C=S) groups is 1. The monoisotopic (exact) mass is 545 g/mol. The molecule has 0 radical (unpaired) electrons. The van der Waals surface area contributed by atoms with Crippen molar-refractivity contribution in [3.63, 3.8) is 0 Å². The highest BCUT2D eigenvalue weighted by molar-refractivity contribution is 9.10. The van der Waals surface area contributed by atoms with Gasteiger partial charge in [0.25, 0.3) is 5.91 Å². The van der Waals surface area contributed by atoms with Crippen LogP contribution >= 0.6 is 51.5 Å². The smallest absolute Gasteiger partial charge is 0.270 e. The van der Waals surface area contributed by atoms with Gasteiger partial charge in [-0.25, -0.2) is 0 Å². The number of rotatable bonds is 6. The zero-order chi connectivity index (χ0) is 22.7. The fraction of sp³-hybridized carbons (Fsp3) is 0.0833. The molecule has 0 spiro atoms. The number of thioether (sulfide) groups is 1. The molecule has 162 valence electrons. The van der Waals surface area contributed by atoms with E-state index in [4.69, 9.17) is 33.3 Å². The summed E-state index contributed by atoms with van der Waals surface area (Å²) in [6.45, 7) is 0.363. The van der Waals surface area contributed by atoms with E-state index in [1.807, 2.05) is 54.6 Å². The van der Waals surface area contributed by atoms with Crippen molar-refractivity contribution < 1.29 is 14.3 Å². The average molecular weight is 547 g/mol. The van der Waals surface area contributed by atoms with Crippen molar-refractivity contribution in [1.29, 1.82) is 0 Å². The van der Waals surface area contributed by atoms with Gasteiger partial charge in [0, 0.05) is 4.47 Å². The lowest BCUT2D eigenvalue weighted by atomic mass is 10.1. The highest BCUT2D eigenvalue weighted by Gasteiger charge is 2.33. The number of halogens is 2. The third-order valence-electron chi connectivity index (χ3n) is 4.64. The Kier molecular flexibility index (Phi) is 7.20. The SMILES string of the molecule is COc1cc(C=C2SC(=S)N(c3cccc(Br)c3)C2=O)cc(Cl)c1OCc1ccccc1. The first kappa shape index (κ1) is 22.9. The molecule has 4 rings (SSSR count). The number of carbonyl (C=O) groups excluding carboxylic acids is 1. The molecule has 0 unspecified atom stereocenters. The maximum atomic E-state index is 13.0. The molecule has 0 saturated carbocycles. The molecule has 3 aromatic rings. The number of hydrogen-bond acceptors (Lipinski definition) is 5. The summed E-state index contributed by atoms with van der Waals surface area (Å²) in [4.78, 5) is 15.1. The Morgan fingerprint density at radius 2 is 1.91 bits per heavy atom. The van der Waals surface area contributed by atoms with E-state index >= 15 is 0 Å². The first-order valence-electron chi connectivity index (χ1n) is 9.54. The predicted octanol–water partition coefficient (Wildman–Crippen LogP) is 7.10. The minimum Gasteiger partial charge on any atom is -0.493 e. The summed E-state index contributed by atoms with van der Waals surface area (Å²) in [6, 6.07) is 20.8. The van der Waals surface area contributed by atoms with Crippen LogP contribution in [0.15, 0.2) is 76.1 Å². The molecule has 0 N–H and O–H groups in total. The second kappa shape index (κ2) is 10.1. The Bertz CT molecular complexity index is 1220. The van der Waals surface area contributed by atoms with Gasteiger partial charge in [0.05, 0.1) is 22.7 Å². The van der Waals surface area contributed by atoms with Crippen LogP contribution in [0.3, 0.4) is 0 Å². The van der Waals surface area contributed by atoms with E-state index < -0.39 is 0 Å². The van der Waals surface area contributed by atoms with Crippen LogP contribution in [0.25, 0.3) is 6.08 Å². The standard InChI is InChI=1S/C24H17BrClNO3S2/c1-29-20-11-16(10-19(26)22(20)30-14-15-6-3-2-4-7-15)12-21-23(28)27(24(31)32-21)18-9-5-8-17(25)13-18/h2-13H,14H2,1H3. The molecule has 0 bridgehead atoms. The summed E-state index contributed by atoms with van der Waals surface area (Å²) in [6.07, 6.45) is 1.76. The number of methoxy groups -OCH3 is 1. The Morgan fingerprint density at radius 3 is 2.62 bits per heavy atom. The van der Waals surface area contributed by atoms with Crippen LogP contribution in [-0.4, -0.2) is 17.3 Å². The van der Waals surface area contributed by atoms with Crippen molar-refractivity contribution in [2.45, 2.75) is 6.61 Å². The second-order valence-corrected chi connectivity index (χ2v) is 9.80. The molecular weight excluding hydrogens is 530 g/mol. The number of benzene rings is 3. The van der Waals surface area contributed by atoms with Crippen molar-refractivity contribution in [3.8, 4) is 11.5 Å². The van der Waals surface area contributed by atoms with Crippen LogP contribution in [0.4, 0.5) is 5.69 Å². The van der Waals surface area contributed by atoms with Gasteiger partial charge in [0.2, 0.25) is 0 Å². The van der Waals surface area contributed by atoms with Gasteiger partial charge in [-0.1, -0.05) is 87.9 Å². The summed E-state index contributed by atoms with van der Waals surface area (Å²) >= 11 is 16.6. The van der Waals surface area contributed by atoms with Crippen molar-refractivity contribution in [1.82, 2.24) is 0 Å². The molecule has 1 aliphatic heterocycles. The van der Waals surface area contributed by atoms with Gasteiger partial charge in [-0.05, 0) is 47.5 Å². The number of anilines is 1. The Balaban J connectivity index is 1.59. The molecule has 32 heavy (non-hydrogen) atoms. The van der Waals surface area contributed by atoms with Crippen LogP contribution < -0.4 is 14.4 Å². The minimum absolute atomic E-state index is 0.183. The Labute approximate surface area is 209 Å². The van der Waals surface area contributed by atoms with Gasteiger partial charge < -0.3 is 9.47 Å². The Hall–Kier alpha value is -2.32. The van der Waals surface area contributed by atoms with Gasteiger partial charge in [0.15, 0.2) is 15.8 Å². The lowest BCUT2D eigenvalue weighted by molar-refractivity contribution is -0.113. The van der Waals surface area contributed by atoms with E-state index in [-0.39, 0.29) is 5.91 Å². The van der Waals surface area contributed by atoms with E-state index in [1.165, 1.54) is 16.7 Å². The molecular formula is C24H17BrClNO3S2. The molecule has 1 aliphatic rings. The molecule has 8 heteroatoms. The first-order chi connectivity index (χ1) is 15.5. The second-order valence-electron chi connectivity index (χ2n) is 6.81. The van der Waals surface area contributed by atoms with Crippen molar-refractivity contribution >= 4 is 73.5 Å². The zero-order valence-electron chi connectivity index (χ0n) is 16.9. The van der Waals surface area contributed by atoms with Crippen LogP contribution in [0.1, 0.15) is 11.1 Å². The van der Waals surface area contributed by atoms with Crippen LogP contribution in [-0.2, 0) is 11.4 Å². The van der Waals surface area contributed by atoms with Gasteiger partial charge >= 0.3 is 0 Å². The van der Waals surface area contributed by atoms with E-state index in [1.54, 1.807) is 25.3 Å². The van der Waals surface area contributed by atoms with Crippen LogP contribution in [0, 0.1) is 0 Å². The fourth-order valence-electron chi connectivity index (χ4n) is 3.15. The average Bonchev–Trinajstić information content (AvgIpc) is 3.06. The van der Waals surface area contributed by atoms with Gasteiger partial charge in [-0.3, -0.25) is 9.69 Å². The molecule has 3 aromatic carbocycles. The molecule has 0 aromatic heterocycles. The quantitative estimate of drug-likeness (QED) is 0.244. The van der Waals surface area contributed by atoms with Gasteiger partial charge in [-0.15, -0.1) is 0 Å². The third kappa shape index (κ3) is 5.02. The third-order valence-corrected chi connectivity index (χ3v) is 6.71. The summed E-state index contributed by atoms with van der Waals surface area (Å²) in [7, 11) is 1.55. The lowest BCUT2D eigenvalue weighted by Gasteiger charge is -2.15. The molecule has 1 fully saturated rings. The predicted molar refractivity (Wildman–Crippen MR) is 139 cm³/mol. The van der Waals surface area contributed by atoms with Gasteiger partial charge in [0.1, 0.15) is 6.61 Å². The summed E-state index contributed by atoms with van der Waals surface area (Å²) in [5, 5.41) is 0.397. The summed E-state index contributed by atoms with van der Waals surface area (Å²) < 4.78 is 12.8. The van der Waals surface area contributed by atoms with Crippen LogP contribution in [0.5, 0.6) is 11.5 Å². The van der Waals surface area contributed by atoms with E-state index in [0.717, 1.165) is 10.0 Å². The molecule has 0 aliphatic carbocycles. The van der Waals surface area contributed by atoms with E-state index in [0.29, 0.717) is 43.6 Å². The normalized spacial score (nSPS) is 14.8. The first-order valence-corrected chi connectivity index (χ1v) is 11.9. The number of hydrogen-bond donors (Lipinski definition) is 0. The number of nitrogens with zero attached hydrogens (tertiary/aromatic N) is 1. The zero-order valence-corrected chi connectivity index (χ0v) is 20.9. The highest BCUT2D eigenvalue weighted by Crippen LogP contribution is 2.40. The topological polar surface area (TPSA) is 38.8 Å². The summed E-state index contributed by atoms with van der Waals surface area (Å²) in [5.74, 6) is 0.761. The molecule has 1 heterocycles. The number of amides is 1. The molecule has 4 nitrogen and oxygen atoms in total. The maximum Gasteiger partial charge on any atom is 0.270 e. The molecule has 1 saturated heterocycles. The fourth-order valence-corrected chi connectivity index (χ4v) is 5.11. The maximum absolute atomic E-state index is 13.0. The molecule has 0 atom stereocenters. The van der Waals surface area contributed by atoms with Crippen molar-refractivity contribution in [2.75, 3.05) is 12.0 Å². The summed E-state index contributed by atoms with van der Waals surface area (Å²) in [5.41, 5.74) is 2.45. The van der Waals surface area contributed by atoms with E-state index in [2.05, 4.69) is 15.9 Å². The van der Waals surface area contributed by atoms with Crippen molar-refractivity contribution in [3.05, 3.63) is 92.3 Å². The number of ether oxygens (including phenoxy) is 2. The Morgan fingerprint density at radius 1 is 1.12 bits per heavy atom.